The van der Waals surface area contributed by atoms with Crippen molar-refractivity contribution in [1.29, 1.82) is 0 Å². The van der Waals surface area contributed by atoms with Crippen molar-refractivity contribution in [2.24, 2.45) is 0 Å². The van der Waals surface area contributed by atoms with E-state index < -0.39 is 0 Å². The normalized spacial score (nSPS) is 12.7. The average molecular weight is 415 g/mol. The van der Waals surface area contributed by atoms with E-state index in [-0.39, 0.29) is 30.7 Å². The number of ether oxygens (including phenoxy) is 2. The van der Waals surface area contributed by atoms with Crippen LogP contribution in [-0.2, 0) is 17.8 Å². The van der Waals surface area contributed by atoms with Crippen molar-refractivity contribution in [1.82, 2.24) is 10.2 Å². The van der Waals surface area contributed by atoms with Crippen LogP contribution in [0.5, 0.6) is 11.5 Å². The Morgan fingerprint density at radius 1 is 1.10 bits per heavy atom. The molecule has 30 heavy (non-hydrogen) atoms. The van der Waals surface area contributed by atoms with Gasteiger partial charge in [0.1, 0.15) is 5.82 Å². The standard InChI is InChI=1S/C22H26FN3O4/c1-14-4-5-17(12-18(14)23)25-21(27)6-8-24-22(28)26-9-7-15-10-19(29-2)20(30-3)11-16(15)13-26/h4-5,10-12H,6-9,13H2,1-3H3,(H,24,28)(H,25,27). The lowest BCUT2D eigenvalue weighted by Crippen LogP contribution is -2.43. The van der Waals surface area contributed by atoms with Gasteiger partial charge < -0.3 is 25.0 Å². The van der Waals surface area contributed by atoms with Gasteiger partial charge in [0, 0.05) is 31.7 Å². The summed E-state index contributed by atoms with van der Waals surface area (Å²) in [5.74, 6) is 0.636. The summed E-state index contributed by atoms with van der Waals surface area (Å²) in [7, 11) is 3.17. The molecule has 2 aromatic carbocycles. The summed E-state index contributed by atoms with van der Waals surface area (Å²) in [4.78, 5) is 26.2. The van der Waals surface area contributed by atoms with Crippen molar-refractivity contribution in [3.05, 3.63) is 52.8 Å². The van der Waals surface area contributed by atoms with Crippen LogP contribution in [0.2, 0.25) is 0 Å². The molecule has 0 aromatic heterocycles. The van der Waals surface area contributed by atoms with Gasteiger partial charge in [-0.05, 0) is 54.3 Å². The van der Waals surface area contributed by atoms with E-state index in [1.165, 1.54) is 6.07 Å². The molecule has 0 atom stereocenters. The molecule has 0 saturated carbocycles. The fourth-order valence-corrected chi connectivity index (χ4v) is 3.35. The number of carbonyl (C=O) groups excluding carboxylic acids is 2. The molecule has 0 saturated heterocycles. The number of fused-ring (bicyclic) bond motifs is 1. The van der Waals surface area contributed by atoms with Crippen molar-refractivity contribution in [3.63, 3.8) is 0 Å². The summed E-state index contributed by atoms with van der Waals surface area (Å²) in [6.45, 7) is 2.87. The molecule has 8 heteroatoms. The Hall–Kier alpha value is -3.29. The maximum Gasteiger partial charge on any atom is 0.317 e. The van der Waals surface area contributed by atoms with Crippen molar-refractivity contribution in [3.8, 4) is 11.5 Å². The molecule has 0 fully saturated rings. The molecule has 7 nitrogen and oxygen atoms in total. The molecule has 3 rings (SSSR count). The number of aryl methyl sites for hydroxylation is 1. The van der Waals surface area contributed by atoms with Gasteiger partial charge in [-0.1, -0.05) is 6.07 Å². The van der Waals surface area contributed by atoms with Crippen LogP contribution in [0.4, 0.5) is 14.9 Å². The summed E-state index contributed by atoms with van der Waals surface area (Å²) in [5, 5.41) is 5.40. The SMILES string of the molecule is COc1cc2c(cc1OC)CN(C(=O)NCCC(=O)Nc1ccc(C)c(F)c1)CC2. The molecular formula is C22H26FN3O4. The van der Waals surface area contributed by atoms with Gasteiger partial charge in [-0.3, -0.25) is 4.79 Å². The predicted molar refractivity (Wildman–Crippen MR) is 111 cm³/mol. The smallest absolute Gasteiger partial charge is 0.317 e. The molecule has 0 spiro atoms. The first kappa shape index (κ1) is 21.4. The van der Waals surface area contributed by atoms with Crippen LogP contribution in [0.15, 0.2) is 30.3 Å². The zero-order valence-corrected chi connectivity index (χ0v) is 17.4. The third kappa shape index (κ3) is 5.00. The Morgan fingerprint density at radius 3 is 2.47 bits per heavy atom. The van der Waals surface area contributed by atoms with Gasteiger partial charge in [0.2, 0.25) is 5.91 Å². The number of urea groups is 1. The number of methoxy groups -OCH3 is 2. The minimum atomic E-state index is -0.374. The number of nitrogens with one attached hydrogen (secondary N) is 2. The lowest BCUT2D eigenvalue weighted by molar-refractivity contribution is -0.116. The quantitative estimate of drug-likeness (QED) is 0.759. The Kier molecular flexibility index (Phi) is 6.76. The first-order valence-corrected chi connectivity index (χ1v) is 9.73. The molecule has 2 N–H and O–H groups in total. The van der Waals surface area contributed by atoms with E-state index >= 15 is 0 Å². The number of halogens is 1. The maximum absolute atomic E-state index is 13.6. The van der Waals surface area contributed by atoms with Gasteiger partial charge in [-0.15, -0.1) is 0 Å². The van der Waals surface area contributed by atoms with Gasteiger partial charge in [0.15, 0.2) is 11.5 Å². The molecule has 0 bridgehead atoms. The zero-order chi connectivity index (χ0) is 21.7. The maximum atomic E-state index is 13.6. The third-order valence-corrected chi connectivity index (χ3v) is 5.09. The summed E-state index contributed by atoms with van der Waals surface area (Å²) in [6, 6.07) is 8.13. The summed E-state index contributed by atoms with van der Waals surface area (Å²) >= 11 is 0. The van der Waals surface area contributed by atoms with Crippen molar-refractivity contribution < 1.29 is 23.5 Å². The van der Waals surface area contributed by atoms with E-state index in [1.807, 2.05) is 12.1 Å². The molecule has 0 aliphatic carbocycles. The van der Waals surface area contributed by atoms with E-state index in [2.05, 4.69) is 10.6 Å². The number of amides is 3. The number of benzene rings is 2. The number of nitrogens with zero attached hydrogens (tertiary/aromatic N) is 1. The largest absolute Gasteiger partial charge is 0.493 e. The minimum Gasteiger partial charge on any atom is -0.493 e. The molecule has 1 aliphatic rings. The Morgan fingerprint density at radius 2 is 1.80 bits per heavy atom. The number of rotatable bonds is 6. The van der Waals surface area contributed by atoms with Crippen LogP contribution in [0.3, 0.4) is 0 Å². The van der Waals surface area contributed by atoms with Crippen LogP contribution in [-0.4, -0.2) is 44.1 Å². The minimum absolute atomic E-state index is 0.0939. The first-order valence-electron chi connectivity index (χ1n) is 9.73. The highest BCUT2D eigenvalue weighted by molar-refractivity contribution is 5.91. The van der Waals surface area contributed by atoms with E-state index in [1.54, 1.807) is 38.2 Å². The molecule has 0 radical (unpaired) electrons. The Bertz CT molecular complexity index is 948. The van der Waals surface area contributed by atoms with Crippen molar-refractivity contribution in [2.45, 2.75) is 26.3 Å². The highest BCUT2D eigenvalue weighted by Gasteiger charge is 2.22. The summed E-state index contributed by atoms with van der Waals surface area (Å²) in [6.07, 6.45) is 0.805. The second-order valence-corrected chi connectivity index (χ2v) is 7.14. The molecule has 1 aliphatic heterocycles. The van der Waals surface area contributed by atoms with Gasteiger partial charge in [0.25, 0.3) is 0 Å². The first-order chi connectivity index (χ1) is 14.4. The van der Waals surface area contributed by atoms with Crippen LogP contribution in [0.25, 0.3) is 0 Å². The molecule has 0 unspecified atom stereocenters. The highest BCUT2D eigenvalue weighted by Crippen LogP contribution is 2.33. The molecule has 160 valence electrons. The van der Waals surface area contributed by atoms with E-state index in [9.17, 15) is 14.0 Å². The van der Waals surface area contributed by atoms with Gasteiger partial charge in [0.05, 0.1) is 14.2 Å². The predicted octanol–water partition coefficient (Wildman–Crippen LogP) is 3.25. The van der Waals surface area contributed by atoms with Gasteiger partial charge >= 0.3 is 6.03 Å². The lowest BCUT2D eigenvalue weighted by Gasteiger charge is -2.29. The molecular weight excluding hydrogens is 389 g/mol. The average Bonchev–Trinajstić information content (AvgIpc) is 2.74. The van der Waals surface area contributed by atoms with E-state index in [4.69, 9.17) is 9.47 Å². The fourth-order valence-electron chi connectivity index (χ4n) is 3.35. The van der Waals surface area contributed by atoms with Crippen LogP contribution >= 0.6 is 0 Å². The summed E-state index contributed by atoms with van der Waals surface area (Å²) < 4.78 is 24.2. The van der Waals surface area contributed by atoms with Crippen LogP contribution in [0.1, 0.15) is 23.1 Å². The topological polar surface area (TPSA) is 79.9 Å². The number of anilines is 1. The number of carbonyl (C=O) groups is 2. The number of hydrogen-bond acceptors (Lipinski definition) is 4. The highest BCUT2D eigenvalue weighted by atomic mass is 19.1. The lowest BCUT2D eigenvalue weighted by atomic mass is 9.99. The van der Waals surface area contributed by atoms with Crippen molar-refractivity contribution in [2.75, 3.05) is 32.6 Å². The molecule has 1 heterocycles. The van der Waals surface area contributed by atoms with Gasteiger partial charge in [-0.2, -0.15) is 0 Å². The van der Waals surface area contributed by atoms with Crippen LogP contribution in [0, 0.1) is 12.7 Å². The van der Waals surface area contributed by atoms with Crippen LogP contribution < -0.4 is 20.1 Å². The Balaban J connectivity index is 1.49. The molecule has 3 amide bonds. The third-order valence-electron chi connectivity index (χ3n) is 5.09. The Labute approximate surface area is 175 Å². The summed E-state index contributed by atoms with van der Waals surface area (Å²) in [5.41, 5.74) is 3.04. The zero-order valence-electron chi connectivity index (χ0n) is 17.4. The van der Waals surface area contributed by atoms with E-state index in [0.29, 0.717) is 42.3 Å². The second kappa shape index (κ2) is 9.47. The monoisotopic (exact) mass is 415 g/mol. The van der Waals surface area contributed by atoms with Gasteiger partial charge in [-0.25, -0.2) is 9.18 Å². The fraction of sp³-hybridized carbons (Fsp3) is 0.364. The molecule has 2 aromatic rings. The van der Waals surface area contributed by atoms with Crippen molar-refractivity contribution >= 4 is 17.6 Å². The second-order valence-electron chi connectivity index (χ2n) is 7.14. The number of hydrogen-bond donors (Lipinski definition) is 2. The van der Waals surface area contributed by atoms with E-state index in [0.717, 1.165) is 11.1 Å².